The van der Waals surface area contributed by atoms with E-state index < -0.39 is 33.5 Å². The first-order valence-corrected chi connectivity index (χ1v) is 18.9. The van der Waals surface area contributed by atoms with Crippen LogP contribution in [0.5, 0.6) is 74.7 Å². The molecule has 0 aliphatic carbocycles. The van der Waals surface area contributed by atoms with E-state index >= 15 is 0 Å². The highest BCUT2D eigenvalue weighted by molar-refractivity contribution is 5.90. The summed E-state index contributed by atoms with van der Waals surface area (Å²) in [7, 11) is 0. The Bertz CT molecular complexity index is 3240. The molecule has 66 heavy (non-hydrogen) atoms. The maximum atomic E-state index is 12.4. The number of phenols is 12. The van der Waals surface area contributed by atoms with E-state index in [-0.39, 0.29) is 124 Å². The van der Waals surface area contributed by atoms with Crippen molar-refractivity contribution >= 4 is 32.9 Å². The number of benzene rings is 6. The van der Waals surface area contributed by atoms with E-state index in [2.05, 4.69) is 0 Å². The molecule has 336 valence electrons. The fourth-order valence-corrected chi connectivity index (χ4v) is 6.76. The van der Waals surface area contributed by atoms with Crippen LogP contribution in [0.3, 0.4) is 0 Å². The molecule has 3 heterocycles. The smallest absolute Gasteiger partial charge is 0.238 e. The highest BCUT2D eigenvalue weighted by atomic mass is 16.4. The van der Waals surface area contributed by atoms with Gasteiger partial charge in [-0.15, -0.1) is 0 Å². The first kappa shape index (κ1) is 44.4. The van der Waals surface area contributed by atoms with Gasteiger partial charge in [0, 0.05) is 64.2 Å². The van der Waals surface area contributed by atoms with Gasteiger partial charge in [0.05, 0.1) is 0 Å². The van der Waals surface area contributed by atoms with E-state index in [4.69, 9.17) is 13.3 Å². The number of fused-ring (bicyclic) bond motifs is 3. The molecule has 0 spiro atoms. The van der Waals surface area contributed by atoms with Crippen LogP contribution in [0.4, 0.5) is 0 Å². The molecule has 9 aromatic rings. The van der Waals surface area contributed by atoms with Crippen LogP contribution in [0.2, 0.25) is 0 Å². The molecule has 19 nitrogen and oxygen atoms in total. The second kappa shape index (κ2) is 16.9. The van der Waals surface area contributed by atoms with Gasteiger partial charge >= 0.3 is 0 Å². The molecule has 19 heteroatoms. The molecular formula is C47H34O19. The van der Waals surface area contributed by atoms with Gasteiger partial charge in [0.1, 0.15) is 78.9 Å². The fourth-order valence-electron chi connectivity index (χ4n) is 6.76. The van der Waals surface area contributed by atoms with Gasteiger partial charge in [0.15, 0.2) is 51.1 Å². The van der Waals surface area contributed by atoms with Crippen LogP contribution in [-0.4, -0.2) is 66.4 Å². The minimum absolute atomic E-state index is 0.0238. The lowest BCUT2D eigenvalue weighted by Gasteiger charge is -2.09. The molecular weight excluding hydrogens is 868 g/mol. The molecule has 0 bridgehead atoms. The maximum absolute atomic E-state index is 12.4. The van der Waals surface area contributed by atoms with Crippen molar-refractivity contribution in [3.63, 3.8) is 0 Å². The van der Waals surface area contributed by atoms with Gasteiger partial charge in [-0.1, -0.05) is 0 Å². The third kappa shape index (κ3) is 8.20. The molecule has 6 aromatic carbocycles. The van der Waals surface area contributed by atoms with Crippen molar-refractivity contribution in [3.8, 4) is 109 Å². The van der Waals surface area contributed by atoms with Crippen LogP contribution in [0.15, 0.2) is 119 Å². The van der Waals surface area contributed by atoms with Crippen LogP contribution >= 0.6 is 0 Å². The van der Waals surface area contributed by atoms with E-state index in [9.17, 15) is 80.8 Å². The van der Waals surface area contributed by atoms with Crippen molar-refractivity contribution in [3.05, 3.63) is 133 Å². The molecule has 0 saturated heterocycles. The SMILES string of the molecule is Cc1c(-c2ccc(O)c(O)c2)oc2cc(O)cc(O)c2c1=O.Cc1c(-c2ccc(O)c(O)c2)oc2cc(O)cc(O)c2c1=O.O=c1c(O)c(-c2ccc(O)c(O)c2)oc2cc(O)cc(O)c12. The molecule has 0 aliphatic heterocycles. The van der Waals surface area contributed by atoms with Gasteiger partial charge in [-0.2, -0.15) is 0 Å². The predicted octanol–water partition coefficient (Wildman–Crippen LogP) is 7.17. The molecule has 0 fully saturated rings. The van der Waals surface area contributed by atoms with E-state index in [0.717, 1.165) is 36.4 Å². The minimum atomic E-state index is -0.888. The van der Waals surface area contributed by atoms with E-state index in [1.165, 1.54) is 68.4 Å². The average Bonchev–Trinajstić information content (AvgIpc) is 3.24. The Morgan fingerprint density at radius 1 is 0.318 bits per heavy atom. The van der Waals surface area contributed by atoms with Crippen LogP contribution in [0, 0.1) is 13.8 Å². The lowest BCUT2D eigenvalue weighted by molar-refractivity contribution is 0.403. The van der Waals surface area contributed by atoms with Crippen LogP contribution in [0.1, 0.15) is 11.1 Å². The summed E-state index contributed by atoms with van der Waals surface area (Å²) in [5, 5.41) is 124. The predicted molar refractivity (Wildman–Crippen MR) is 235 cm³/mol. The second-order valence-corrected chi connectivity index (χ2v) is 14.5. The zero-order valence-electron chi connectivity index (χ0n) is 33.9. The maximum Gasteiger partial charge on any atom is 0.238 e. The highest BCUT2D eigenvalue weighted by Crippen LogP contribution is 2.39. The second-order valence-electron chi connectivity index (χ2n) is 14.5. The molecule has 3 aromatic heterocycles. The summed E-state index contributed by atoms with van der Waals surface area (Å²) in [6.07, 6.45) is 0. The van der Waals surface area contributed by atoms with Crippen molar-refractivity contribution in [1.82, 2.24) is 0 Å². The van der Waals surface area contributed by atoms with Crippen molar-refractivity contribution in [2.75, 3.05) is 0 Å². The Morgan fingerprint density at radius 2 is 0.606 bits per heavy atom. The van der Waals surface area contributed by atoms with Crippen molar-refractivity contribution in [1.29, 1.82) is 0 Å². The third-order valence-corrected chi connectivity index (χ3v) is 10.0. The Kier molecular flexibility index (Phi) is 11.4. The minimum Gasteiger partial charge on any atom is -0.508 e. The summed E-state index contributed by atoms with van der Waals surface area (Å²) in [6.45, 7) is 3.05. The third-order valence-electron chi connectivity index (χ3n) is 10.0. The van der Waals surface area contributed by atoms with E-state index in [1.54, 1.807) is 0 Å². The average molecular weight is 903 g/mol. The summed E-state index contributed by atoms with van der Waals surface area (Å²) in [6, 6.07) is 18.2. The summed E-state index contributed by atoms with van der Waals surface area (Å²) >= 11 is 0. The molecule has 9 rings (SSSR count). The van der Waals surface area contributed by atoms with Gasteiger partial charge < -0.3 is 79.6 Å². The lowest BCUT2D eigenvalue weighted by Crippen LogP contribution is -2.07. The number of hydrogen-bond donors (Lipinski definition) is 13. The summed E-state index contributed by atoms with van der Waals surface area (Å²) in [5.74, 6) is -4.85. The van der Waals surface area contributed by atoms with Crippen molar-refractivity contribution < 1.29 is 79.6 Å². The first-order valence-electron chi connectivity index (χ1n) is 18.9. The van der Waals surface area contributed by atoms with Crippen molar-refractivity contribution in [2.45, 2.75) is 13.8 Å². The standard InChI is InChI=1S/2C16H12O6.C15H10O7/c2*1-7-15(21)14-12(20)5-9(17)6-13(14)22-16(7)8-2-3-10(18)11(19)4-8;16-7-4-10(19)12-11(5-7)22-15(14(21)13(12)20)6-1-2-8(17)9(18)3-6/h2*2-6,17-20H,1H3;1-5,16-19,21H. The Labute approximate surface area is 367 Å². The molecule has 13 N–H and O–H groups in total. The van der Waals surface area contributed by atoms with E-state index in [1.807, 2.05) is 0 Å². The van der Waals surface area contributed by atoms with Gasteiger partial charge in [-0.3, -0.25) is 14.4 Å². The summed E-state index contributed by atoms with van der Waals surface area (Å²) < 4.78 is 16.6. The number of hydrogen-bond acceptors (Lipinski definition) is 19. The normalized spacial score (nSPS) is 10.9. The monoisotopic (exact) mass is 902 g/mol. The van der Waals surface area contributed by atoms with Gasteiger partial charge in [-0.25, -0.2) is 0 Å². The number of aromatic hydroxyl groups is 13. The van der Waals surface area contributed by atoms with Gasteiger partial charge in [-0.05, 0) is 68.4 Å². The lowest BCUT2D eigenvalue weighted by atomic mass is 10.0. The first-order chi connectivity index (χ1) is 31.1. The molecule has 0 aliphatic rings. The Morgan fingerprint density at radius 3 is 0.924 bits per heavy atom. The molecule has 0 amide bonds. The Hall–Kier alpha value is -9.65. The van der Waals surface area contributed by atoms with Crippen LogP contribution in [-0.2, 0) is 0 Å². The zero-order chi connectivity index (χ0) is 48.0. The van der Waals surface area contributed by atoms with Crippen LogP contribution in [0.25, 0.3) is 66.9 Å². The number of rotatable bonds is 3. The fraction of sp³-hybridized carbons (Fsp3) is 0.0426. The molecule has 0 unspecified atom stereocenters. The quantitative estimate of drug-likeness (QED) is 0.0781. The summed E-state index contributed by atoms with van der Waals surface area (Å²) in [5.41, 5.74) is -0.491. The topological polar surface area (TPSA) is 354 Å². The molecule has 0 saturated carbocycles. The molecule has 0 atom stereocenters. The highest BCUT2D eigenvalue weighted by Gasteiger charge is 2.21. The number of phenolic OH excluding ortho intramolecular Hbond substituents is 12. The van der Waals surface area contributed by atoms with Gasteiger partial charge in [0.25, 0.3) is 0 Å². The van der Waals surface area contributed by atoms with Crippen LogP contribution < -0.4 is 16.3 Å². The van der Waals surface area contributed by atoms with E-state index in [0.29, 0.717) is 11.1 Å². The summed E-state index contributed by atoms with van der Waals surface area (Å²) in [4.78, 5) is 36.9. The zero-order valence-corrected chi connectivity index (χ0v) is 33.9. The largest absolute Gasteiger partial charge is 0.508 e. The van der Waals surface area contributed by atoms with Crippen molar-refractivity contribution in [2.24, 2.45) is 0 Å². The molecule has 0 radical (unpaired) electrons. The van der Waals surface area contributed by atoms with Gasteiger partial charge in [0.2, 0.25) is 11.2 Å². The Balaban J connectivity index is 0.000000147.